The number of anilines is 3. The second-order valence-electron chi connectivity index (χ2n) is 13.7. The third kappa shape index (κ3) is 9.03. The third-order valence-electron chi connectivity index (χ3n) is 9.69. The largest absolute Gasteiger partial charge is 0.417 e. The standard InChI is InChI=1S/C44H34F6N6O3S/c1-2-55(41(59)54-35-14-8-6-10-28(35)20-26-16-18-36-31(22-26)33(43(45,46)47)24-39(57)52-36)56(42(60)51-30-12-4-3-5-13-30)38-15-9-7-11-29(38)21-27-17-19-37-32(23-27)34(44(48,49)50)25-40(58)53-37/h3-19,22-25H,2,20-21H2,1H3,(H,51,60)(H,52,57)(H,53,58)(H,54,59). The lowest BCUT2D eigenvalue weighted by Crippen LogP contribution is -2.53. The quantitative estimate of drug-likeness (QED) is 0.0689. The van der Waals surface area contributed by atoms with Gasteiger partial charge in [0.2, 0.25) is 11.1 Å². The van der Waals surface area contributed by atoms with Crippen molar-refractivity contribution in [2.75, 3.05) is 22.2 Å². The van der Waals surface area contributed by atoms with Gasteiger partial charge in [-0.2, -0.15) is 26.3 Å². The van der Waals surface area contributed by atoms with Crippen LogP contribution >= 0.6 is 12.2 Å². The monoisotopic (exact) mass is 840 g/mol. The minimum atomic E-state index is -4.78. The summed E-state index contributed by atoms with van der Waals surface area (Å²) < 4.78 is 83.9. The van der Waals surface area contributed by atoms with Crippen LogP contribution in [-0.2, 0) is 25.2 Å². The Labute approximate surface area is 343 Å². The maximum absolute atomic E-state index is 14.4. The topological polar surface area (TPSA) is 113 Å². The molecule has 0 radical (unpaired) electrons. The Morgan fingerprint density at radius 3 is 1.68 bits per heavy atom. The van der Waals surface area contributed by atoms with E-state index in [9.17, 15) is 40.7 Å². The average Bonchev–Trinajstić information content (AvgIpc) is 3.20. The van der Waals surface area contributed by atoms with Crippen molar-refractivity contribution in [3.05, 3.63) is 181 Å². The summed E-state index contributed by atoms with van der Waals surface area (Å²) in [7, 11) is 0. The molecule has 2 heterocycles. The highest BCUT2D eigenvalue weighted by Gasteiger charge is 2.35. The van der Waals surface area contributed by atoms with Crippen molar-refractivity contribution >= 4 is 62.2 Å². The van der Waals surface area contributed by atoms with E-state index >= 15 is 0 Å². The Morgan fingerprint density at radius 1 is 0.633 bits per heavy atom. The van der Waals surface area contributed by atoms with E-state index in [1.165, 1.54) is 34.3 Å². The Kier molecular flexibility index (Phi) is 11.5. The van der Waals surface area contributed by atoms with Crippen LogP contribution in [0.3, 0.4) is 0 Å². The van der Waals surface area contributed by atoms with Crippen LogP contribution in [0.15, 0.2) is 137 Å². The predicted molar refractivity (Wildman–Crippen MR) is 224 cm³/mol. The van der Waals surface area contributed by atoms with Gasteiger partial charge < -0.3 is 20.6 Å². The number of amides is 2. The minimum absolute atomic E-state index is 0.0267. The number of aromatic amines is 2. The molecule has 60 heavy (non-hydrogen) atoms. The van der Waals surface area contributed by atoms with Crippen molar-refractivity contribution in [3.8, 4) is 0 Å². The molecule has 7 aromatic rings. The number of thiocarbonyl (C=S) groups is 1. The molecule has 5 aromatic carbocycles. The normalized spacial score (nSPS) is 11.7. The van der Waals surface area contributed by atoms with E-state index in [2.05, 4.69) is 20.6 Å². The highest BCUT2D eigenvalue weighted by molar-refractivity contribution is 7.80. The molecule has 0 unspecified atom stereocenters. The van der Waals surface area contributed by atoms with E-state index in [0.717, 1.165) is 0 Å². The first-order valence-corrected chi connectivity index (χ1v) is 18.9. The Morgan fingerprint density at radius 2 is 1.13 bits per heavy atom. The molecule has 0 aliphatic rings. The molecule has 0 bridgehead atoms. The van der Waals surface area contributed by atoms with Gasteiger partial charge in [0.15, 0.2) is 5.11 Å². The number of carbonyl (C=O) groups excluding carboxylic acids is 1. The van der Waals surface area contributed by atoms with Gasteiger partial charge in [-0.15, -0.1) is 0 Å². The van der Waals surface area contributed by atoms with Gasteiger partial charge in [-0.1, -0.05) is 66.7 Å². The first kappa shape index (κ1) is 41.2. The second kappa shape index (κ2) is 16.7. The summed E-state index contributed by atoms with van der Waals surface area (Å²) in [6.45, 7) is 1.80. The Bertz CT molecular complexity index is 2860. The number of urea groups is 1. The number of nitrogens with one attached hydrogen (secondary N) is 4. The van der Waals surface area contributed by atoms with Crippen molar-refractivity contribution in [2.24, 2.45) is 0 Å². The molecule has 4 N–H and O–H groups in total. The third-order valence-corrected chi connectivity index (χ3v) is 9.96. The number of nitrogens with zero attached hydrogens (tertiary/aromatic N) is 2. The van der Waals surface area contributed by atoms with Crippen molar-refractivity contribution in [3.63, 3.8) is 0 Å². The summed E-state index contributed by atoms with van der Waals surface area (Å²) in [6.07, 6.45) is -9.33. The zero-order chi connectivity index (χ0) is 42.8. The molecule has 0 aliphatic heterocycles. The molecule has 306 valence electrons. The molecular formula is C44H34F6N6O3S. The van der Waals surface area contributed by atoms with Gasteiger partial charge in [-0.05, 0) is 103 Å². The lowest BCUT2D eigenvalue weighted by Gasteiger charge is -2.37. The number of rotatable bonds is 8. The van der Waals surface area contributed by atoms with Gasteiger partial charge in [0.25, 0.3) is 0 Å². The Hall–Kier alpha value is -6.94. The first-order chi connectivity index (χ1) is 28.6. The molecular weight excluding hydrogens is 807 g/mol. The highest BCUT2D eigenvalue weighted by Crippen LogP contribution is 2.36. The van der Waals surface area contributed by atoms with Gasteiger partial charge in [-0.3, -0.25) is 9.59 Å². The summed E-state index contributed by atoms with van der Waals surface area (Å²) in [5.41, 5.74) is -0.278. The maximum atomic E-state index is 14.4. The van der Waals surface area contributed by atoms with Crippen LogP contribution in [-0.4, -0.2) is 32.7 Å². The number of hydrazine groups is 1. The molecule has 9 nitrogen and oxygen atoms in total. The van der Waals surface area contributed by atoms with Gasteiger partial charge in [0.1, 0.15) is 0 Å². The summed E-state index contributed by atoms with van der Waals surface area (Å²) in [4.78, 5) is 43.3. The number of hydrogen-bond donors (Lipinski definition) is 4. The summed E-state index contributed by atoms with van der Waals surface area (Å²) in [5, 5.41) is 8.69. The number of pyridine rings is 2. The van der Waals surface area contributed by atoms with Crippen LogP contribution < -0.4 is 26.8 Å². The van der Waals surface area contributed by atoms with E-state index in [1.54, 1.807) is 91.9 Å². The van der Waals surface area contributed by atoms with Crippen LogP contribution in [0.25, 0.3) is 21.8 Å². The molecule has 2 aromatic heterocycles. The SMILES string of the molecule is CCN(C(=O)Nc1ccccc1Cc1ccc2[nH]c(=O)cc(C(F)(F)F)c2c1)N(C(=S)Nc1ccccc1)c1ccccc1Cc1ccc2[nH]c(=O)cc(C(F)(F)F)c2c1. The zero-order valence-corrected chi connectivity index (χ0v) is 32.4. The predicted octanol–water partition coefficient (Wildman–Crippen LogP) is 10.3. The lowest BCUT2D eigenvalue weighted by atomic mass is 9.99. The van der Waals surface area contributed by atoms with Gasteiger partial charge in [-0.25, -0.2) is 14.8 Å². The number of aromatic nitrogens is 2. The molecule has 2 amide bonds. The van der Waals surface area contributed by atoms with Crippen LogP contribution in [0.2, 0.25) is 0 Å². The number of benzene rings is 5. The van der Waals surface area contributed by atoms with Crippen molar-refractivity contribution < 1.29 is 31.1 Å². The van der Waals surface area contributed by atoms with E-state index in [0.29, 0.717) is 51.4 Å². The molecule has 0 aliphatic carbocycles. The first-order valence-electron chi connectivity index (χ1n) is 18.5. The zero-order valence-electron chi connectivity index (χ0n) is 31.5. The van der Waals surface area contributed by atoms with Crippen LogP contribution in [0, 0.1) is 0 Å². The van der Waals surface area contributed by atoms with Crippen molar-refractivity contribution in [1.82, 2.24) is 15.0 Å². The number of para-hydroxylation sites is 3. The van der Waals surface area contributed by atoms with Gasteiger partial charge in [0.05, 0.1) is 16.8 Å². The van der Waals surface area contributed by atoms with E-state index in [1.807, 2.05) is 6.07 Å². The number of halogens is 6. The van der Waals surface area contributed by atoms with E-state index < -0.39 is 40.6 Å². The van der Waals surface area contributed by atoms with Crippen molar-refractivity contribution in [2.45, 2.75) is 32.1 Å². The molecule has 0 saturated heterocycles. The van der Waals surface area contributed by atoms with Crippen LogP contribution in [0.4, 0.5) is 48.2 Å². The highest BCUT2D eigenvalue weighted by atomic mass is 32.1. The molecule has 0 fully saturated rings. The summed E-state index contributed by atoms with van der Waals surface area (Å²) in [5.74, 6) is 0. The number of H-pyrrole nitrogens is 2. The fourth-order valence-electron chi connectivity index (χ4n) is 7.00. The van der Waals surface area contributed by atoms with Gasteiger partial charge in [0, 0.05) is 51.9 Å². The number of carbonyl (C=O) groups is 1. The number of hydrogen-bond acceptors (Lipinski definition) is 4. The maximum Gasteiger partial charge on any atom is 0.417 e. The summed E-state index contributed by atoms with van der Waals surface area (Å²) in [6, 6.07) is 31.9. The summed E-state index contributed by atoms with van der Waals surface area (Å²) >= 11 is 5.95. The van der Waals surface area contributed by atoms with E-state index in [-0.39, 0.29) is 46.3 Å². The lowest BCUT2D eigenvalue weighted by molar-refractivity contribution is -0.137. The fraction of sp³-hybridized carbons (Fsp3) is 0.136. The smallest absolute Gasteiger partial charge is 0.331 e. The van der Waals surface area contributed by atoms with Crippen molar-refractivity contribution in [1.29, 1.82) is 0 Å². The number of alkyl halides is 6. The molecule has 16 heteroatoms. The average molecular weight is 841 g/mol. The number of fused-ring (bicyclic) bond motifs is 2. The molecule has 0 spiro atoms. The second-order valence-corrected chi connectivity index (χ2v) is 14.1. The molecule has 0 atom stereocenters. The minimum Gasteiger partial charge on any atom is -0.331 e. The molecule has 7 rings (SSSR count). The Balaban J connectivity index is 1.23. The molecule has 0 saturated carbocycles. The van der Waals surface area contributed by atoms with Gasteiger partial charge >= 0.3 is 18.4 Å². The van der Waals surface area contributed by atoms with E-state index in [4.69, 9.17) is 12.2 Å². The van der Waals surface area contributed by atoms with Crippen LogP contribution in [0.5, 0.6) is 0 Å². The fourth-order valence-corrected chi connectivity index (χ4v) is 7.31. The van der Waals surface area contributed by atoms with Crippen LogP contribution in [0.1, 0.15) is 40.3 Å².